The average molecular weight is 377 g/mol. The van der Waals surface area contributed by atoms with Crippen LogP contribution in [0.5, 0.6) is 0 Å². The summed E-state index contributed by atoms with van der Waals surface area (Å²) in [5.74, 6) is -2.63. The van der Waals surface area contributed by atoms with Crippen molar-refractivity contribution in [2.45, 2.75) is 25.4 Å². The molecular weight excluding hydrogens is 360 g/mol. The molecule has 0 N–H and O–H groups in total. The van der Waals surface area contributed by atoms with E-state index in [0.717, 1.165) is 30.7 Å². The fourth-order valence-electron chi connectivity index (χ4n) is 3.72. The highest BCUT2D eigenvalue weighted by molar-refractivity contribution is 7.07. The van der Waals surface area contributed by atoms with Crippen LogP contribution in [0.2, 0.25) is 0 Å². The van der Waals surface area contributed by atoms with Crippen molar-refractivity contribution < 1.29 is 18.4 Å². The molecule has 2 bridgehead atoms. The van der Waals surface area contributed by atoms with Gasteiger partial charge in [-0.15, -0.1) is 11.3 Å². The van der Waals surface area contributed by atoms with Crippen LogP contribution >= 0.6 is 11.3 Å². The third-order valence-electron chi connectivity index (χ3n) is 5.06. The average Bonchev–Trinajstić information content (AvgIpc) is 3.00. The summed E-state index contributed by atoms with van der Waals surface area (Å²) in [5, 5.41) is 1.91. The summed E-state index contributed by atoms with van der Waals surface area (Å²) >= 11 is 1.48. The summed E-state index contributed by atoms with van der Waals surface area (Å²) in [7, 11) is 0. The number of carbonyl (C=O) groups excluding carboxylic acids is 2. The van der Waals surface area contributed by atoms with E-state index in [4.69, 9.17) is 0 Å². The van der Waals surface area contributed by atoms with Gasteiger partial charge in [0.15, 0.2) is 11.6 Å². The summed E-state index contributed by atoms with van der Waals surface area (Å²) in [6.45, 7) is 1.14. The van der Waals surface area contributed by atoms with E-state index < -0.39 is 11.6 Å². The van der Waals surface area contributed by atoms with Gasteiger partial charge in [-0.3, -0.25) is 9.59 Å². The van der Waals surface area contributed by atoms with Gasteiger partial charge in [0.1, 0.15) is 0 Å². The minimum atomic E-state index is -1.05. The Morgan fingerprint density at radius 2 is 2.08 bits per heavy atom. The third-order valence-corrected chi connectivity index (χ3v) is 5.70. The Bertz CT molecular complexity index is 843. The van der Waals surface area contributed by atoms with E-state index in [1.165, 1.54) is 17.4 Å². The maximum absolute atomic E-state index is 13.5. The monoisotopic (exact) mass is 377 g/mol. The number of piperidine rings is 1. The molecule has 0 aliphatic carbocycles. The van der Waals surface area contributed by atoms with E-state index in [0.29, 0.717) is 19.6 Å². The predicted molar refractivity (Wildman–Crippen MR) is 91.4 cm³/mol. The van der Waals surface area contributed by atoms with Gasteiger partial charge < -0.3 is 9.80 Å². The standard InChI is InChI=1S/C18H17F2N3O2S/c19-15-4-2-11(5-16(15)20)17(24)22-6-12-1-3-14(8-22)23(18(12)25)7-13-9-26-10-21-13/h2,4-5,9-10,12,14H,1,3,6-8H2/t12-,14+/m0/s1. The number of benzene rings is 1. The number of hydrogen-bond acceptors (Lipinski definition) is 4. The van der Waals surface area contributed by atoms with Crippen LogP contribution in [0.4, 0.5) is 8.78 Å². The third kappa shape index (κ3) is 3.09. The van der Waals surface area contributed by atoms with Crippen LogP contribution < -0.4 is 0 Å². The minimum Gasteiger partial charge on any atom is -0.336 e. The molecule has 5 nitrogen and oxygen atoms in total. The van der Waals surface area contributed by atoms with Crippen LogP contribution in [0.3, 0.4) is 0 Å². The summed E-state index contributed by atoms with van der Waals surface area (Å²) in [6.07, 6.45) is 1.56. The molecular formula is C18H17F2N3O2S. The van der Waals surface area contributed by atoms with E-state index in [1.54, 1.807) is 10.4 Å². The zero-order valence-corrected chi connectivity index (χ0v) is 14.7. The second-order valence-electron chi connectivity index (χ2n) is 6.71. The van der Waals surface area contributed by atoms with E-state index in [9.17, 15) is 18.4 Å². The first-order chi connectivity index (χ1) is 12.5. The molecule has 4 heterocycles. The van der Waals surface area contributed by atoms with Crippen molar-refractivity contribution in [2.75, 3.05) is 13.1 Å². The second-order valence-corrected chi connectivity index (χ2v) is 7.43. The fourth-order valence-corrected chi connectivity index (χ4v) is 4.27. The highest BCUT2D eigenvalue weighted by Crippen LogP contribution is 2.31. The second kappa shape index (κ2) is 6.75. The number of hydrogen-bond donors (Lipinski definition) is 0. The quantitative estimate of drug-likeness (QED) is 0.826. The zero-order valence-electron chi connectivity index (χ0n) is 13.9. The lowest BCUT2D eigenvalue weighted by atomic mass is 9.94. The number of carbonyl (C=O) groups is 2. The molecule has 2 aromatic rings. The molecule has 8 heteroatoms. The van der Waals surface area contributed by atoms with Gasteiger partial charge in [-0.2, -0.15) is 0 Å². The van der Waals surface area contributed by atoms with Crippen LogP contribution in [0.1, 0.15) is 28.9 Å². The van der Waals surface area contributed by atoms with Gasteiger partial charge in [0.05, 0.1) is 23.7 Å². The Labute approximate surface area is 153 Å². The highest BCUT2D eigenvalue weighted by atomic mass is 32.1. The molecule has 3 aliphatic rings. The number of halogens is 2. The Morgan fingerprint density at radius 3 is 2.81 bits per heavy atom. The van der Waals surface area contributed by atoms with Crippen LogP contribution in [0.15, 0.2) is 29.1 Å². The van der Waals surface area contributed by atoms with Crippen LogP contribution in [0, 0.1) is 17.6 Å². The van der Waals surface area contributed by atoms with E-state index in [-0.39, 0.29) is 29.3 Å². The van der Waals surface area contributed by atoms with Crippen molar-refractivity contribution >= 4 is 23.2 Å². The summed E-state index contributed by atoms with van der Waals surface area (Å²) < 4.78 is 26.6. The molecule has 3 aliphatic heterocycles. The van der Waals surface area contributed by atoms with E-state index >= 15 is 0 Å². The largest absolute Gasteiger partial charge is 0.336 e. The van der Waals surface area contributed by atoms with Crippen molar-refractivity contribution in [3.8, 4) is 0 Å². The van der Waals surface area contributed by atoms with E-state index in [2.05, 4.69) is 4.98 Å². The van der Waals surface area contributed by atoms with Crippen molar-refractivity contribution in [3.63, 3.8) is 0 Å². The van der Waals surface area contributed by atoms with Gasteiger partial charge in [-0.05, 0) is 31.0 Å². The summed E-state index contributed by atoms with van der Waals surface area (Å²) in [4.78, 5) is 33.2. The number of thiazole rings is 1. The predicted octanol–water partition coefficient (Wildman–Crippen LogP) is 2.68. The molecule has 2 amide bonds. The number of fused-ring (bicyclic) bond motifs is 4. The molecule has 0 radical (unpaired) electrons. The minimum absolute atomic E-state index is 0.0369. The maximum atomic E-state index is 13.5. The van der Waals surface area contributed by atoms with Gasteiger partial charge >= 0.3 is 0 Å². The number of nitrogens with zero attached hydrogens (tertiary/aromatic N) is 3. The van der Waals surface area contributed by atoms with Crippen LogP contribution in [0.25, 0.3) is 0 Å². The number of rotatable bonds is 3. The van der Waals surface area contributed by atoms with Gasteiger partial charge in [0.25, 0.3) is 5.91 Å². The Balaban J connectivity index is 1.56. The Hall–Kier alpha value is -2.35. The maximum Gasteiger partial charge on any atom is 0.254 e. The normalized spacial score (nSPS) is 22.6. The fraction of sp³-hybridized carbons (Fsp3) is 0.389. The Morgan fingerprint density at radius 1 is 1.23 bits per heavy atom. The lowest BCUT2D eigenvalue weighted by Crippen LogP contribution is -2.47. The lowest BCUT2D eigenvalue weighted by Gasteiger charge is -2.35. The van der Waals surface area contributed by atoms with Crippen molar-refractivity contribution in [1.82, 2.24) is 14.8 Å². The lowest BCUT2D eigenvalue weighted by molar-refractivity contribution is -0.140. The SMILES string of the molecule is O=C(c1ccc(F)c(F)c1)N1C[C@@H]2CC[C@H](C1)N(Cc1cscn1)C2=O. The highest BCUT2D eigenvalue weighted by Gasteiger charge is 2.42. The Kier molecular flexibility index (Phi) is 4.44. The smallest absolute Gasteiger partial charge is 0.254 e. The topological polar surface area (TPSA) is 53.5 Å². The van der Waals surface area contributed by atoms with Gasteiger partial charge in [-0.25, -0.2) is 13.8 Å². The van der Waals surface area contributed by atoms with Crippen LogP contribution in [-0.2, 0) is 11.3 Å². The first kappa shape index (κ1) is 17.1. The van der Waals surface area contributed by atoms with E-state index in [1.807, 2.05) is 10.3 Å². The van der Waals surface area contributed by atoms with Crippen molar-refractivity contribution in [1.29, 1.82) is 0 Å². The van der Waals surface area contributed by atoms with Gasteiger partial charge in [0, 0.05) is 30.1 Å². The molecule has 26 heavy (non-hydrogen) atoms. The number of aromatic nitrogens is 1. The molecule has 3 fully saturated rings. The van der Waals surface area contributed by atoms with Crippen molar-refractivity contribution in [2.24, 2.45) is 5.92 Å². The van der Waals surface area contributed by atoms with Crippen molar-refractivity contribution in [3.05, 3.63) is 52.0 Å². The molecule has 0 saturated carbocycles. The first-order valence-electron chi connectivity index (χ1n) is 8.45. The van der Waals surface area contributed by atoms with Gasteiger partial charge in [-0.1, -0.05) is 0 Å². The molecule has 0 unspecified atom stereocenters. The number of amides is 2. The summed E-state index contributed by atoms with van der Waals surface area (Å²) in [6, 6.07) is 3.06. The molecule has 2 atom stereocenters. The van der Waals surface area contributed by atoms with Crippen LogP contribution in [-0.4, -0.2) is 45.7 Å². The first-order valence-corrected chi connectivity index (χ1v) is 9.39. The molecule has 1 aromatic heterocycles. The zero-order chi connectivity index (χ0) is 18.3. The summed E-state index contributed by atoms with van der Waals surface area (Å²) in [5.41, 5.74) is 2.67. The molecule has 3 saturated heterocycles. The molecule has 136 valence electrons. The molecule has 1 aromatic carbocycles. The molecule has 5 rings (SSSR count). The molecule has 0 spiro atoms. The van der Waals surface area contributed by atoms with Gasteiger partial charge in [0.2, 0.25) is 5.91 Å².